The highest BCUT2D eigenvalue weighted by atomic mass is 32.2. The summed E-state index contributed by atoms with van der Waals surface area (Å²) in [5.41, 5.74) is 0.715. The standard InChI is InChI=1S/C16H11N3O4S4/c20-26(21,11-5-2-1-3-6-11)15-10-24-9-13(15)19-27(22,23)14-8-4-7-12-16(14)18-25-17-12/h1-10,19H. The quantitative estimate of drug-likeness (QED) is 0.513. The van der Waals surface area contributed by atoms with Crippen LogP contribution in [-0.4, -0.2) is 25.6 Å². The topological polar surface area (TPSA) is 106 Å². The molecule has 1 N–H and O–H groups in total. The van der Waals surface area contributed by atoms with Crippen molar-refractivity contribution in [2.75, 3.05) is 4.72 Å². The highest BCUT2D eigenvalue weighted by molar-refractivity contribution is 7.93. The number of aromatic nitrogens is 2. The van der Waals surface area contributed by atoms with Gasteiger partial charge in [0.2, 0.25) is 9.84 Å². The number of thiophene rings is 1. The number of rotatable bonds is 5. The van der Waals surface area contributed by atoms with E-state index >= 15 is 0 Å². The molecule has 0 aliphatic heterocycles. The molecule has 0 saturated carbocycles. The lowest BCUT2D eigenvalue weighted by molar-refractivity contribution is 0.597. The van der Waals surface area contributed by atoms with Crippen molar-refractivity contribution >= 4 is 59.6 Å². The van der Waals surface area contributed by atoms with E-state index in [1.807, 2.05) is 0 Å². The van der Waals surface area contributed by atoms with Crippen molar-refractivity contribution in [1.29, 1.82) is 0 Å². The van der Waals surface area contributed by atoms with E-state index in [1.54, 1.807) is 30.3 Å². The van der Waals surface area contributed by atoms with E-state index in [0.717, 1.165) is 23.1 Å². The monoisotopic (exact) mass is 437 g/mol. The van der Waals surface area contributed by atoms with Gasteiger partial charge in [-0.2, -0.15) is 8.75 Å². The van der Waals surface area contributed by atoms with Gasteiger partial charge in [-0.05, 0) is 24.3 Å². The number of sulfonamides is 1. The van der Waals surface area contributed by atoms with Gasteiger partial charge in [0.1, 0.15) is 20.8 Å². The minimum atomic E-state index is -4.05. The first-order valence-corrected chi connectivity index (χ1v) is 12.1. The molecule has 0 radical (unpaired) electrons. The first-order valence-electron chi connectivity index (χ1n) is 7.50. The van der Waals surface area contributed by atoms with Crippen LogP contribution in [0.1, 0.15) is 0 Å². The maximum Gasteiger partial charge on any atom is 0.264 e. The molecule has 0 aliphatic rings. The molecule has 27 heavy (non-hydrogen) atoms. The fourth-order valence-electron chi connectivity index (χ4n) is 2.49. The van der Waals surface area contributed by atoms with Crippen molar-refractivity contribution in [3.05, 3.63) is 59.3 Å². The lowest BCUT2D eigenvalue weighted by Crippen LogP contribution is -2.15. The van der Waals surface area contributed by atoms with Gasteiger partial charge in [0.05, 0.1) is 22.3 Å². The smallest absolute Gasteiger partial charge is 0.264 e. The molecular formula is C16H11N3O4S4. The van der Waals surface area contributed by atoms with Crippen LogP contribution in [0.2, 0.25) is 0 Å². The van der Waals surface area contributed by atoms with E-state index in [1.165, 1.54) is 29.0 Å². The Hall–Kier alpha value is -2.34. The lowest BCUT2D eigenvalue weighted by Gasteiger charge is -2.10. The molecule has 2 aromatic heterocycles. The highest BCUT2D eigenvalue weighted by Gasteiger charge is 2.26. The third kappa shape index (κ3) is 3.23. The molecule has 0 aliphatic carbocycles. The molecule has 138 valence electrons. The summed E-state index contributed by atoms with van der Waals surface area (Å²) in [5, 5.41) is 2.86. The molecule has 11 heteroatoms. The van der Waals surface area contributed by atoms with Gasteiger partial charge in [-0.1, -0.05) is 24.3 Å². The van der Waals surface area contributed by atoms with Gasteiger partial charge in [-0.15, -0.1) is 11.3 Å². The Labute approximate surface area is 163 Å². The van der Waals surface area contributed by atoms with Crippen LogP contribution in [0.5, 0.6) is 0 Å². The summed E-state index contributed by atoms with van der Waals surface area (Å²) in [6.45, 7) is 0. The van der Waals surface area contributed by atoms with Crippen LogP contribution in [0.25, 0.3) is 11.0 Å². The summed E-state index contributed by atoms with van der Waals surface area (Å²) in [5.74, 6) is 0. The summed E-state index contributed by atoms with van der Waals surface area (Å²) >= 11 is 2.01. The van der Waals surface area contributed by atoms with Gasteiger partial charge in [0.25, 0.3) is 10.0 Å². The summed E-state index contributed by atoms with van der Waals surface area (Å²) in [6, 6.07) is 12.5. The third-order valence-electron chi connectivity index (χ3n) is 3.75. The molecule has 7 nitrogen and oxygen atoms in total. The van der Waals surface area contributed by atoms with E-state index in [-0.39, 0.29) is 25.9 Å². The van der Waals surface area contributed by atoms with Gasteiger partial charge in [-0.3, -0.25) is 4.72 Å². The zero-order valence-corrected chi connectivity index (χ0v) is 16.7. The Balaban J connectivity index is 1.77. The molecule has 2 heterocycles. The maximum atomic E-state index is 12.9. The van der Waals surface area contributed by atoms with Gasteiger partial charge in [0.15, 0.2) is 0 Å². The van der Waals surface area contributed by atoms with E-state index in [4.69, 9.17) is 0 Å². The second kappa shape index (κ2) is 6.68. The van der Waals surface area contributed by atoms with E-state index in [9.17, 15) is 16.8 Å². The van der Waals surface area contributed by atoms with E-state index in [0.29, 0.717) is 5.52 Å². The SMILES string of the molecule is O=S(=O)(Nc1cscc1S(=O)(=O)c1ccccc1)c1cccc2nsnc12. The molecular weight excluding hydrogens is 426 g/mol. The number of sulfone groups is 1. The highest BCUT2D eigenvalue weighted by Crippen LogP contribution is 2.33. The Morgan fingerprint density at radius 1 is 0.815 bits per heavy atom. The summed E-state index contributed by atoms with van der Waals surface area (Å²) in [4.78, 5) is -0.0523. The number of nitrogens with zero attached hydrogens (tertiary/aromatic N) is 2. The van der Waals surface area contributed by atoms with Crippen LogP contribution >= 0.6 is 23.1 Å². The Bertz CT molecular complexity index is 1330. The van der Waals surface area contributed by atoms with Crippen molar-refractivity contribution in [1.82, 2.24) is 8.75 Å². The van der Waals surface area contributed by atoms with Crippen LogP contribution in [0.15, 0.2) is 74.0 Å². The van der Waals surface area contributed by atoms with Crippen LogP contribution in [-0.2, 0) is 19.9 Å². The molecule has 4 aromatic rings. The molecule has 4 rings (SSSR count). The second-order valence-electron chi connectivity index (χ2n) is 5.46. The number of fused-ring (bicyclic) bond motifs is 1. The summed E-state index contributed by atoms with van der Waals surface area (Å²) < 4.78 is 61.9. The number of anilines is 1. The molecule has 0 bridgehead atoms. The molecule has 0 saturated heterocycles. The number of hydrogen-bond donors (Lipinski definition) is 1. The first kappa shape index (κ1) is 18.0. The predicted molar refractivity (Wildman–Crippen MR) is 104 cm³/mol. The number of nitrogens with one attached hydrogen (secondary N) is 1. The normalized spacial score (nSPS) is 12.3. The minimum absolute atomic E-state index is 0.00375. The van der Waals surface area contributed by atoms with Gasteiger partial charge in [-0.25, -0.2) is 16.8 Å². The van der Waals surface area contributed by atoms with Crippen molar-refractivity contribution in [3.63, 3.8) is 0 Å². The van der Waals surface area contributed by atoms with Crippen molar-refractivity contribution in [3.8, 4) is 0 Å². The number of hydrogen-bond acceptors (Lipinski definition) is 8. The predicted octanol–water partition coefficient (Wildman–Crippen LogP) is 3.39. The molecule has 0 amide bonds. The first-order chi connectivity index (χ1) is 12.9. The average Bonchev–Trinajstić information content (AvgIpc) is 3.31. The fourth-order valence-corrected chi connectivity index (χ4v) is 7.03. The van der Waals surface area contributed by atoms with Gasteiger partial charge >= 0.3 is 0 Å². The maximum absolute atomic E-state index is 12.9. The van der Waals surface area contributed by atoms with Crippen molar-refractivity contribution < 1.29 is 16.8 Å². The zero-order valence-electron chi connectivity index (χ0n) is 13.4. The lowest BCUT2D eigenvalue weighted by atomic mass is 10.3. The van der Waals surface area contributed by atoms with Crippen LogP contribution in [0, 0.1) is 0 Å². The Kier molecular flexibility index (Phi) is 4.46. The van der Waals surface area contributed by atoms with E-state index < -0.39 is 19.9 Å². The molecule has 0 spiro atoms. The van der Waals surface area contributed by atoms with Crippen molar-refractivity contribution in [2.45, 2.75) is 14.7 Å². The fraction of sp³-hybridized carbons (Fsp3) is 0. The molecule has 0 fully saturated rings. The van der Waals surface area contributed by atoms with E-state index in [2.05, 4.69) is 13.5 Å². The van der Waals surface area contributed by atoms with Crippen molar-refractivity contribution in [2.24, 2.45) is 0 Å². The largest absolute Gasteiger partial charge is 0.277 e. The van der Waals surface area contributed by atoms with Gasteiger partial charge in [0, 0.05) is 10.8 Å². The third-order valence-corrected chi connectivity index (χ3v) is 8.39. The van der Waals surface area contributed by atoms with Crippen LogP contribution < -0.4 is 4.72 Å². The Morgan fingerprint density at radius 2 is 1.59 bits per heavy atom. The molecule has 0 unspecified atom stereocenters. The van der Waals surface area contributed by atoms with Gasteiger partial charge < -0.3 is 0 Å². The molecule has 0 atom stereocenters. The van der Waals surface area contributed by atoms with Crippen LogP contribution in [0.3, 0.4) is 0 Å². The van der Waals surface area contributed by atoms with Crippen LogP contribution in [0.4, 0.5) is 5.69 Å². The Morgan fingerprint density at radius 3 is 2.37 bits per heavy atom. The average molecular weight is 438 g/mol. The minimum Gasteiger partial charge on any atom is -0.277 e. The second-order valence-corrected chi connectivity index (χ2v) is 10.3. The number of benzene rings is 2. The summed E-state index contributed by atoms with van der Waals surface area (Å²) in [7, 11) is -7.90. The zero-order chi connectivity index (χ0) is 19.1. The molecule has 2 aromatic carbocycles. The summed E-state index contributed by atoms with van der Waals surface area (Å²) in [6.07, 6.45) is 0.